The molecule has 0 saturated carbocycles. The van der Waals surface area contributed by atoms with Gasteiger partial charge in [-0.05, 0) is 68.1 Å². The van der Waals surface area contributed by atoms with E-state index in [2.05, 4.69) is 16.0 Å². The number of nitrogens with one attached hydrogen (secondary N) is 1. The second-order valence-corrected chi connectivity index (χ2v) is 8.71. The molecule has 0 aliphatic rings. The number of unbranched alkanes of at least 4 members (excludes halogenated alkanes) is 1. The molecule has 4 aromatic rings. The number of ether oxygens (including phenoxy) is 3. The number of aromatic nitrogens is 2. The second-order valence-electron chi connectivity index (χ2n) is 8.71. The summed E-state index contributed by atoms with van der Waals surface area (Å²) in [4.78, 5) is 17.3. The Kier molecular flexibility index (Phi) is 8.44. The molecule has 36 heavy (non-hydrogen) atoms. The maximum absolute atomic E-state index is 12.5. The van der Waals surface area contributed by atoms with Crippen LogP contribution in [0.25, 0.3) is 11.0 Å². The average molecular weight is 488 g/mol. The van der Waals surface area contributed by atoms with Crippen molar-refractivity contribution in [1.82, 2.24) is 14.9 Å². The third kappa shape index (κ3) is 6.36. The van der Waals surface area contributed by atoms with Gasteiger partial charge in [0.25, 0.3) is 5.91 Å². The van der Waals surface area contributed by atoms with Crippen LogP contribution in [-0.2, 0) is 17.9 Å². The van der Waals surface area contributed by atoms with Crippen LogP contribution in [0.2, 0.25) is 0 Å². The summed E-state index contributed by atoms with van der Waals surface area (Å²) in [5.41, 5.74) is 4.07. The molecule has 4 rings (SSSR count). The summed E-state index contributed by atoms with van der Waals surface area (Å²) < 4.78 is 19.2. The number of aryl methyl sites for hydroxylation is 3. The Balaban J connectivity index is 1.32. The first-order chi connectivity index (χ1) is 17.5. The van der Waals surface area contributed by atoms with Crippen LogP contribution in [0.15, 0.2) is 66.7 Å². The maximum Gasteiger partial charge on any atom is 0.258 e. The first-order valence-electron chi connectivity index (χ1n) is 12.2. The number of imidazole rings is 1. The Morgan fingerprint density at radius 2 is 1.69 bits per heavy atom. The number of nitrogens with zero attached hydrogens (tertiary/aromatic N) is 2. The van der Waals surface area contributed by atoms with Crippen molar-refractivity contribution in [3.8, 4) is 17.2 Å². The summed E-state index contributed by atoms with van der Waals surface area (Å²) in [7, 11) is 1.64. The molecule has 0 aliphatic heterocycles. The lowest BCUT2D eigenvalue weighted by Gasteiger charge is -2.13. The van der Waals surface area contributed by atoms with Crippen molar-refractivity contribution in [2.45, 2.75) is 39.8 Å². The van der Waals surface area contributed by atoms with Crippen molar-refractivity contribution in [1.29, 1.82) is 0 Å². The minimum atomic E-state index is -0.181. The van der Waals surface area contributed by atoms with Gasteiger partial charge in [-0.15, -0.1) is 0 Å². The van der Waals surface area contributed by atoms with Crippen molar-refractivity contribution >= 4 is 16.9 Å². The molecule has 0 radical (unpaired) electrons. The van der Waals surface area contributed by atoms with Gasteiger partial charge in [0.1, 0.15) is 11.6 Å². The van der Waals surface area contributed by atoms with Crippen LogP contribution in [0.1, 0.15) is 29.8 Å². The van der Waals surface area contributed by atoms with E-state index in [0.717, 1.165) is 64.6 Å². The maximum atomic E-state index is 12.5. The standard InChI is InChI=1S/C29H33N3O4/c1-21-14-15-22(2)27(18-21)36-20-29(33)30-19-28-31-23-10-4-5-11-24(23)32(28)16-8-9-17-35-26-13-7-6-12-25(26)34-3/h4-7,10-15,18H,8-9,16-17,19-20H2,1-3H3,(H,30,33). The molecule has 0 spiro atoms. The highest BCUT2D eigenvalue weighted by molar-refractivity contribution is 5.78. The summed E-state index contributed by atoms with van der Waals surface area (Å²) in [6, 6.07) is 21.6. The first-order valence-corrected chi connectivity index (χ1v) is 12.2. The van der Waals surface area contributed by atoms with Gasteiger partial charge in [0.15, 0.2) is 18.1 Å². The molecule has 1 amide bonds. The van der Waals surface area contributed by atoms with Crippen LogP contribution < -0.4 is 19.5 Å². The van der Waals surface area contributed by atoms with Gasteiger partial charge in [-0.2, -0.15) is 0 Å². The quantitative estimate of drug-likeness (QED) is 0.278. The van der Waals surface area contributed by atoms with Gasteiger partial charge in [-0.25, -0.2) is 4.98 Å². The Hall–Kier alpha value is -4.00. The second kappa shape index (κ2) is 12.1. The number of carbonyl (C=O) groups is 1. The molecule has 188 valence electrons. The lowest BCUT2D eigenvalue weighted by molar-refractivity contribution is -0.123. The van der Waals surface area contributed by atoms with Crippen LogP contribution >= 0.6 is 0 Å². The van der Waals surface area contributed by atoms with Crippen molar-refractivity contribution < 1.29 is 19.0 Å². The molecule has 1 heterocycles. The van der Waals surface area contributed by atoms with Gasteiger partial charge in [-0.3, -0.25) is 4.79 Å². The van der Waals surface area contributed by atoms with Gasteiger partial charge in [0.2, 0.25) is 0 Å². The van der Waals surface area contributed by atoms with E-state index in [1.807, 2.05) is 74.5 Å². The highest BCUT2D eigenvalue weighted by Gasteiger charge is 2.12. The van der Waals surface area contributed by atoms with E-state index in [1.165, 1.54) is 0 Å². The SMILES string of the molecule is COc1ccccc1OCCCCn1c(CNC(=O)COc2cc(C)ccc2C)nc2ccccc21. The van der Waals surface area contributed by atoms with Gasteiger partial charge in [-0.1, -0.05) is 36.4 Å². The lowest BCUT2D eigenvalue weighted by Crippen LogP contribution is -2.29. The zero-order chi connectivity index (χ0) is 25.3. The monoisotopic (exact) mass is 487 g/mol. The normalized spacial score (nSPS) is 10.9. The van der Waals surface area contributed by atoms with Crippen LogP contribution in [0.4, 0.5) is 0 Å². The van der Waals surface area contributed by atoms with E-state index in [0.29, 0.717) is 13.2 Å². The number of para-hydroxylation sites is 4. The molecule has 1 aromatic heterocycles. The fraction of sp³-hybridized carbons (Fsp3) is 0.310. The van der Waals surface area contributed by atoms with Crippen LogP contribution in [-0.4, -0.2) is 35.8 Å². The number of rotatable bonds is 12. The molecule has 0 atom stereocenters. The van der Waals surface area contributed by atoms with Gasteiger partial charge in [0.05, 0.1) is 31.3 Å². The fourth-order valence-electron chi connectivity index (χ4n) is 4.04. The highest BCUT2D eigenvalue weighted by atomic mass is 16.5. The predicted octanol–water partition coefficient (Wildman–Crippen LogP) is 5.22. The van der Waals surface area contributed by atoms with E-state index in [-0.39, 0.29) is 12.5 Å². The minimum absolute atomic E-state index is 0.0369. The summed E-state index contributed by atoms with van der Waals surface area (Å²) in [5, 5.41) is 2.95. The smallest absolute Gasteiger partial charge is 0.258 e. The number of fused-ring (bicyclic) bond motifs is 1. The van der Waals surface area contributed by atoms with Crippen molar-refractivity contribution in [2.75, 3.05) is 20.3 Å². The van der Waals surface area contributed by atoms with E-state index in [4.69, 9.17) is 19.2 Å². The topological polar surface area (TPSA) is 74.6 Å². The van der Waals surface area contributed by atoms with Crippen molar-refractivity contribution in [3.05, 3.63) is 83.7 Å². The zero-order valence-electron chi connectivity index (χ0n) is 21.1. The number of methoxy groups -OCH3 is 1. The number of carbonyl (C=O) groups excluding carboxylic acids is 1. The van der Waals surface area contributed by atoms with E-state index in [9.17, 15) is 4.79 Å². The Bertz CT molecular complexity index is 1320. The van der Waals surface area contributed by atoms with Crippen molar-refractivity contribution in [2.24, 2.45) is 0 Å². The molecule has 0 aliphatic carbocycles. The number of hydrogen-bond acceptors (Lipinski definition) is 5. The van der Waals surface area contributed by atoms with Crippen LogP contribution in [0.3, 0.4) is 0 Å². The Morgan fingerprint density at radius 3 is 2.53 bits per heavy atom. The zero-order valence-corrected chi connectivity index (χ0v) is 21.1. The fourth-order valence-corrected chi connectivity index (χ4v) is 4.04. The third-order valence-electron chi connectivity index (χ3n) is 5.98. The Morgan fingerprint density at radius 1 is 0.917 bits per heavy atom. The molecular formula is C29H33N3O4. The van der Waals surface area contributed by atoms with E-state index < -0.39 is 0 Å². The van der Waals surface area contributed by atoms with E-state index in [1.54, 1.807) is 7.11 Å². The molecule has 3 aromatic carbocycles. The van der Waals surface area contributed by atoms with Crippen molar-refractivity contribution in [3.63, 3.8) is 0 Å². The summed E-state index contributed by atoms with van der Waals surface area (Å²) in [6.45, 7) is 5.64. The molecule has 7 nitrogen and oxygen atoms in total. The van der Waals surface area contributed by atoms with E-state index >= 15 is 0 Å². The minimum Gasteiger partial charge on any atom is -0.493 e. The molecular weight excluding hydrogens is 454 g/mol. The molecule has 0 bridgehead atoms. The number of amides is 1. The molecule has 0 saturated heterocycles. The predicted molar refractivity (Wildman–Crippen MR) is 141 cm³/mol. The summed E-state index contributed by atoms with van der Waals surface area (Å²) >= 11 is 0. The lowest BCUT2D eigenvalue weighted by atomic mass is 10.1. The van der Waals surface area contributed by atoms with Crippen LogP contribution in [0, 0.1) is 13.8 Å². The largest absolute Gasteiger partial charge is 0.493 e. The molecule has 1 N–H and O–H groups in total. The van der Waals surface area contributed by atoms with Gasteiger partial charge in [0, 0.05) is 6.54 Å². The van der Waals surface area contributed by atoms with Gasteiger partial charge >= 0.3 is 0 Å². The summed E-state index contributed by atoms with van der Waals surface area (Å²) in [5.74, 6) is 2.85. The molecule has 0 unspecified atom stereocenters. The molecule has 7 heteroatoms. The number of hydrogen-bond donors (Lipinski definition) is 1. The summed E-state index contributed by atoms with van der Waals surface area (Å²) in [6.07, 6.45) is 1.78. The highest BCUT2D eigenvalue weighted by Crippen LogP contribution is 2.26. The van der Waals surface area contributed by atoms with Gasteiger partial charge < -0.3 is 24.1 Å². The average Bonchev–Trinajstić information content (AvgIpc) is 3.25. The first kappa shape index (κ1) is 25.1. The molecule has 0 fully saturated rings. The number of benzene rings is 3. The third-order valence-corrected chi connectivity index (χ3v) is 5.98. The van der Waals surface area contributed by atoms with Crippen LogP contribution in [0.5, 0.6) is 17.2 Å². The Labute approximate surface area is 212 Å².